The smallest absolute Gasteiger partial charge is 0.195 e. The van der Waals surface area contributed by atoms with Crippen LogP contribution < -0.4 is 0 Å². The zero-order valence-electron chi connectivity index (χ0n) is 7.06. The molecule has 0 aliphatic rings. The molecule has 2 heterocycles. The van der Waals surface area contributed by atoms with Crippen molar-refractivity contribution in [3.8, 4) is 0 Å². The minimum absolute atomic E-state index is 0.670. The molecule has 0 aromatic carbocycles. The summed E-state index contributed by atoms with van der Waals surface area (Å²) in [5, 5.41) is 2.76. The Bertz CT molecular complexity index is 432. The highest BCUT2D eigenvalue weighted by Gasteiger charge is 2.11. The van der Waals surface area contributed by atoms with Gasteiger partial charge in [-0.25, -0.2) is 4.98 Å². The Morgan fingerprint density at radius 3 is 3.31 bits per heavy atom. The highest BCUT2D eigenvalue weighted by molar-refractivity contribution is 7.99. The second-order valence-corrected chi connectivity index (χ2v) is 4.53. The molecule has 0 saturated heterocycles. The maximum atomic E-state index is 10.8. The Kier molecular flexibility index (Phi) is 2.37. The van der Waals surface area contributed by atoms with Crippen LogP contribution in [0, 0.1) is 0 Å². The van der Waals surface area contributed by atoms with Gasteiger partial charge in [0.25, 0.3) is 0 Å². The number of thiazole rings is 1. The molecule has 13 heavy (non-hydrogen) atoms. The molecule has 2 rings (SSSR count). The third-order valence-corrected chi connectivity index (χ3v) is 3.28. The predicted molar refractivity (Wildman–Crippen MR) is 54.9 cm³/mol. The highest BCUT2D eigenvalue weighted by Crippen LogP contribution is 2.24. The fraction of sp³-hybridized carbons (Fsp3) is 0.250. The number of hydrogen-bond acceptors (Lipinski definition) is 4. The lowest BCUT2D eigenvalue weighted by molar-refractivity contribution is 0.111. The average molecular weight is 212 g/mol. The first kappa shape index (κ1) is 8.77. The van der Waals surface area contributed by atoms with E-state index in [4.69, 9.17) is 0 Å². The van der Waals surface area contributed by atoms with Crippen molar-refractivity contribution in [3.63, 3.8) is 0 Å². The summed E-state index contributed by atoms with van der Waals surface area (Å²) in [6.07, 6.45) is 2.74. The van der Waals surface area contributed by atoms with Crippen LogP contribution >= 0.6 is 23.1 Å². The number of thioether (sulfide) groups is 1. The second-order valence-electron chi connectivity index (χ2n) is 2.41. The Balaban J connectivity index is 2.60. The van der Waals surface area contributed by atoms with E-state index in [1.165, 1.54) is 0 Å². The zero-order chi connectivity index (χ0) is 9.26. The summed E-state index contributed by atoms with van der Waals surface area (Å²) in [5.41, 5.74) is 0.670. The van der Waals surface area contributed by atoms with Crippen molar-refractivity contribution in [2.45, 2.75) is 11.9 Å². The van der Waals surface area contributed by atoms with Gasteiger partial charge < -0.3 is 0 Å². The number of nitrogens with zero attached hydrogens (tertiary/aromatic N) is 2. The normalized spacial score (nSPS) is 10.8. The third kappa shape index (κ3) is 1.38. The number of aromatic nitrogens is 2. The van der Waals surface area contributed by atoms with Gasteiger partial charge in [-0.05, 0) is 5.75 Å². The third-order valence-electron chi connectivity index (χ3n) is 1.66. The van der Waals surface area contributed by atoms with Gasteiger partial charge in [0.2, 0.25) is 0 Å². The summed E-state index contributed by atoms with van der Waals surface area (Å²) >= 11 is 3.14. The fourth-order valence-electron chi connectivity index (χ4n) is 1.13. The van der Waals surface area contributed by atoms with Gasteiger partial charge >= 0.3 is 0 Å². The Hall–Kier alpha value is -0.810. The van der Waals surface area contributed by atoms with Gasteiger partial charge in [-0.15, -0.1) is 23.1 Å². The van der Waals surface area contributed by atoms with Crippen LogP contribution in [0.1, 0.15) is 17.4 Å². The van der Waals surface area contributed by atoms with Gasteiger partial charge in [-0.2, -0.15) is 0 Å². The van der Waals surface area contributed by atoms with Crippen LogP contribution in [0.3, 0.4) is 0 Å². The van der Waals surface area contributed by atoms with E-state index in [0.717, 1.165) is 22.0 Å². The molecule has 3 nitrogen and oxygen atoms in total. The van der Waals surface area contributed by atoms with E-state index in [0.29, 0.717) is 5.69 Å². The highest BCUT2D eigenvalue weighted by atomic mass is 32.2. The Morgan fingerprint density at radius 1 is 1.77 bits per heavy atom. The van der Waals surface area contributed by atoms with Crippen LogP contribution in [0.2, 0.25) is 0 Å². The van der Waals surface area contributed by atoms with Crippen molar-refractivity contribution in [2.24, 2.45) is 0 Å². The van der Waals surface area contributed by atoms with Crippen LogP contribution in [0.5, 0.6) is 0 Å². The van der Waals surface area contributed by atoms with Crippen LogP contribution in [0.4, 0.5) is 0 Å². The largest absolute Gasteiger partial charge is 0.296 e. The van der Waals surface area contributed by atoms with E-state index >= 15 is 0 Å². The first-order chi connectivity index (χ1) is 6.36. The molecule has 2 aromatic rings. The number of aldehydes is 1. The Labute approximate surface area is 83.8 Å². The van der Waals surface area contributed by atoms with E-state index in [1.54, 1.807) is 23.1 Å². The van der Waals surface area contributed by atoms with Crippen LogP contribution in [-0.2, 0) is 0 Å². The number of carbonyl (C=O) groups is 1. The quantitative estimate of drug-likeness (QED) is 0.578. The number of hydrogen-bond donors (Lipinski definition) is 0. The molecule has 2 aromatic heterocycles. The predicted octanol–water partition coefficient (Wildman–Crippen LogP) is 2.32. The maximum absolute atomic E-state index is 10.8. The van der Waals surface area contributed by atoms with E-state index in [-0.39, 0.29) is 0 Å². The van der Waals surface area contributed by atoms with Crippen molar-refractivity contribution < 1.29 is 4.79 Å². The van der Waals surface area contributed by atoms with Crippen LogP contribution in [-0.4, -0.2) is 21.4 Å². The second kappa shape index (κ2) is 3.51. The van der Waals surface area contributed by atoms with Crippen molar-refractivity contribution in [1.82, 2.24) is 9.38 Å². The zero-order valence-corrected chi connectivity index (χ0v) is 8.69. The summed E-state index contributed by atoms with van der Waals surface area (Å²) in [6, 6.07) is 0. The molecule has 0 N–H and O–H groups in total. The molecular weight excluding hydrogens is 204 g/mol. The minimum atomic E-state index is 0.670. The van der Waals surface area contributed by atoms with Gasteiger partial charge in [0.1, 0.15) is 10.7 Å². The molecule has 0 bridgehead atoms. The van der Waals surface area contributed by atoms with Crippen molar-refractivity contribution in [1.29, 1.82) is 0 Å². The number of fused-ring (bicyclic) bond motifs is 1. The van der Waals surface area contributed by atoms with Gasteiger partial charge in [0.05, 0.1) is 0 Å². The molecule has 0 atom stereocenters. The lowest BCUT2D eigenvalue weighted by Crippen LogP contribution is -1.88. The summed E-state index contributed by atoms with van der Waals surface area (Å²) in [7, 11) is 0. The maximum Gasteiger partial charge on any atom is 0.195 e. The van der Waals surface area contributed by atoms with E-state index in [1.807, 2.05) is 22.9 Å². The van der Waals surface area contributed by atoms with Crippen molar-refractivity contribution >= 4 is 34.3 Å². The molecule has 0 amide bonds. The number of rotatable bonds is 3. The van der Waals surface area contributed by atoms with Crippen LogP contribution in [0.25, 0.3) is 4.96 Å². The SMILES string of the molecule is CCSc1nc2sccn2c1C=O. The van der Waals surface area contributed by atoms with Crippen molar-refractivity contribution in [3.05, 3.63) is 17.3 Å². The Morgan fingerprint density at radius 2 is 2.62 bits per heavy atom. The summed E-state index contributed by atoms with van der Waals surface area (Å²) in [4.78, 5) is 16.0. The lowest BCUT2D eigenvalue weighted by Gasteiger charge is -1.92. The lowest BCUT2D eigenvalue weighted by atomic mass is 10.5. The molecule has 0 saturated carbocycles. The van der Waals surface area contributed by atoms with Crippen molar-refractivity contribution in [2.75, 3.05) is 5.75 Å². The summed E-state index contributed by atoms with van der Waals surface area (Å²) < 4.78 is 1.83. The molecular formula is C8H8N2OS2. The number of imidazole rings is 1. The molecule has 0 fully saturated rings. The van der Waals surface area contributed by atoms with Crippen LogP contribution in [0.15, 0.2) is 16.6 Å². The fourth-order valence-corrected chi connectivity index (χ4v) is 2.63. The molecule has 0 unspecified atom stereocenters. The van der Waals surface area contributed by atoms with Gasteiger partial charge in [-0.1, -0.05) is 6.92 Å². The van der Waals surface area contributed by atoms with E-state index in [2.05, 4.69) is 4.98 Å². The molecule has 0 spiro atoms. The first-order valence-electron chi connectivity index (χ1n) is 3.90. The monoisotopic (exact) mass is 212 g/mol. The first-order valence-corrected chi connectivity index (χ1v) is 5.77. The molecule has 0 aliphatic heterocycles. The van der Waals surface area contributed by atoms with E-state index < -0.39 is 0 Å². The topological polar surface area (TPSA) is 34.4 Å². The molecule has 0 aliphatic carbocycles. The average Bonchev–Trinajstić information content (AvgIpc) is 2.64. The summed E-state index contributed by atoms with van der Waals surface area (Å²) in [5.74, 6) is 0.936. The molecule has 5 heteroatoms. The summed E-state index contributed by atoms with van der Waals surface area (Å²) in [6.45, 7) is 2.05. The number of carbonyl (C=O) groups excluding carboxylic acids is 1. The van der Waals surface area contributed by atoms with E-state index in [9.17, 15) is 4.79 Å². The van der Waals surface area contributed by atoms with Gasteiger partial charge in [0, 0.05) is 11.6 Å². The minimum Gasteiger partial charge on any atom is -0.296 e. The molecule has 0 radical (unpaired) electrons. The molecule has 68 valence electrons. The van der Waals surface area contributed by atoms with Gasteiger partial charge in [-0.3, -0.25) is 9.20 Å². The van der Waals surface area contributed by atoms with Gasteiger partial charge in [0.15, 0.2) is 11.2 Å². The standard InChI is InChI=1S/C8H8N2OS2/c1-2-12-7-6(5-11)10-3-4-13-8(10)9-7/h3-5H,2H2,1H3.